The maximum atomic E-state index is 5.96. The van der Waals surface area contributed by atoms with Gasteiger partial charge >= 0.3 is 0 Å². The standard InChI is InChI=1S/C16H25ClN2/c1-3-10-18-16-5-4-11-19(12-16)13(2)14-6-8-15(17)9-7-14/h6-9,13,16,18H,3-5,10-12H2,1-2H3. The van der Waals surface area contributed by atoms with E-state index in [9.17, 15) is 0 Å². The molecule has 106 valence electrons. The van der Waals surface area contributed by atoms with Crippen molar-refractivity contribution in [2.75, 3.05) is 19.6 Å². The number of likely N-dealkylation sites (tertiary alicyclic amines) is 1. The summed E-state index contributed by atoms with van der Waals surface area (Å²) in [5.74, 6) is 0. The first-order chi connectivity index (χ1) is 9.20. The SMILES string of the molecule is CCCNC1CCCN(C(C)c2ccc(Cl)cc2)C1. The van der Waals surface area contributed by atoms with E-state index in [2.05, 4.69) is 36.2 Å². The van der Waals surface area contributed by atoms with Gasteiger partial charge in [0.2, 0.25) is 0 Å². The Kier molecular flexibility index (Phi) is 5.68. The molecule has 3 heteroatoms. The third kappa shape index (κ3) is 4.20. The van der Waals surface area contributed by atoms with Gasteiger partial charge in [-0.1, -0.05) is 30.7 Å². The number of rotatable bonds is 5. The van der Waals surface area contributed by atoms with E-state index in [-0.39, 0.29) is 0 Å². The molecule has 19 heavy (non-hydrogen) atoms. The molecular weight excluding hydrogens is 256 g/mol. The lowest BCUT2D eigenvalue weighted by Crippen LogP contribution is -2.46. The maximum Gasteiger partial charge on any atom is 0.0406 e. The van der Waals surface area contributed by atoms with E-state index in [1.807, 2.05) is 12.1 Å². The summed E-state index contributed by atoms with van der Waals surface area (Å²) in [6, 6.07) is 9.41. The van der Waals surface area contributed by atoms with Gasteiger partial charge in [-0.25, -0.2) is 0 Å². The van der Waals surface area contributed by atoms with E-state index in [1.54, 1.807) is 0 Å². The molecule has 1 fully saturated rings. The van der Waals surface area contributed by atoms with Gasteiger partial charge < -0.3 is 5.32 Å². The highest BCUT2D eigenvalue weighted by molar-refractivity contribution is 6.30. The summed E-state index contributed by atoms with van der Waals surface area (Å²) < 4.78 is 0. The summed E-state index contributed by atoms with van der Waals surface area (Å²) in [5, 5.41) is 4.47. The van der Waals surface area contributed by atoms with Crippen LogP contribution in [0.2, 0.25) is 5.02 Å². The quantitative estimate of drug-likeness (QED) is 0.881. The number of hydrogen-bond donors (Lipinski definition) is 1. The highest BCUT2D eigenvalue weighted by Gasteiger charge is 2.23. The Bertz CT molecular complexity index is 377. The molecule has 1 N–H and O–H groups in total. The van der Waals surface area contributed by atoms with Crippen LogP contribution in [0.4, 0.5) is 0 Å². The minimum atomic E-state index is 0.475. The molecule has 2 atom stereocenters. The summed E-state index contributed by atoms with van der Waals surface area (Å²) >= 11 is 5.96. The van der Waals surface area contributed by atoms with Crippen LogP contribution in [0.15, 0.2) is 24.3 Å². The summed E-state index contributed by atoms with van der Waals surface area (Å²) in [4.78, 5) is 2.58. The largest absolute Gasteiger partial charge is 0.313 e. The first kappa shape index (κ1) is 14.8. The molecule has 0 bridgehead atoms. The summed E-state index contributed by atoms with van der Waals surface area (Å²) in [6.45, 7) is 8.01. The number of nitrogens with zero attached hydrogens (tertiary/aromatic N) is 1. The van der Waals surface area contributed by atoms with Crippen molar-refractivity contribution in [3.8, 4) is 0 Å². The number of hydrogen-bond acceptors (Lipinski definition) is 2. The third-order valence-electron chi connectivity index (χ3n) is 4.04. The Hall–Kier alpha value is -0.570. The van der Waals surface area contributed by atoms with Crippen molar-refractivity contribution in [2.24, 2.45) is 0 Å². The first-order valence-corrected chi connectivity index (χ1v) is 7.81. The molecular formula is C16H25ClN2. The van der Waals surface area contributed by atoms with Crippen molar-refractivity contribution < 1.29 is 0 Å². The number of benzene rings is 1. The summed E-state index contributed by atoms with van der Waals surface area (Å²) in [7, 11) is 0. The van der Waals surface area contributed by atoms with Gasteiger partial charge in [-0.15, -0.1) is 0 Å². The van der Waals surface area contributed by atoms with Crippen molar-refractivity contribution in [1.29, 1.82) is 0 Å². The van der Waals surface area contributed by atoms with E-state index in [1.165, 1.54) is 31.4 Å². The normalized spacial score (nSPS) is 22.4. The van der Waals surface area contributed by atoms with Gasteiger partial charge in [0.25, 0.3) is 0 Å². The Morgan fingerprint density at radius 1 is 1.37 bits per heavy atom. The van der Waals surface area contributed by atoms with Gasteiger partial charge in [0.05, 0.1) is 0 Å². The molecule has 0 saturated carbocycles. The Balaban J connectivity index is 1.94. The molecule has 0 spiro atoms. The molecule has 1 aromatic rings. The molecule has 0 aromatic heterocycles. The smallest absolute Gasteiger partial charge is 0.0406 e. The minimum absolute atomic E-state index is 0.475. The lowest BCUT2D eigenvalue weighted by Gasteiger charge is -2.37. The second-order valence-corrected chi connectivity index (χ2v) is 5.95. The van der Waals surface area contributed by atoms with Crippen molar-refractivity contribution in [2.45, 2.75) is 45.2 Å². The second kappa shape index (κ2) is 7.28. The fourth-order valence-corrected chi connectivity index (χ4v) is 2.95. The van der Waals surface area contributed by atoms with E-state index in [0.717, 1.165) is 18.1 Å². The monoisotopic (exact) mass is 280 g/mol. The average Bonchev–Trinajstić information content (AvgIpc) is 2.45. The average molecular weight is 281 g/mol. The van der Waals surface area contributed by atoms with Gasteiger partial charge in [-0.3, -0.25) is 4.90 Å². The van der Waals surface area contributed by atoms with Crippen LogP contribution < -0.4 is 5.32 Å². The fourth-order valence-electron chi connectivity index (χ4n) is 2.83. The number of piperidine rings is 1. The van der Waals surface area contributed by atoms with Crippen LogP contribution in [0, 0.1) is 0 Å². The van der Waals surface area contributed by atoms with Crippen molar-refractivity contribution in [3.05, 3.63) is 34.9 Å². The van der Waals surface area contributed by atoms with Gasteiger partial charge in [-0.05, 0) is 57.0 Å². The fraction of sp³-hybridized carbons (Fsp3) is 0.625. The van der Waals surface area contributed by atoms with Crippen LogP contribution in [0.5, 0.6) is 0 Å². The van der Waals surface area contributed by atoms with E-state index in [0.29, 0.717) is 12.1 Å². The molecule has 1 aliphatic rings. The zero-order valence-electron chi connectivity index (χ0n) is 12.0. The second-order valence-electron chi connectivity index (χ2n) is 5.52. The summed E-state index contributed by atoms with van der Waals surface area (Å²) in [5.41, 5.74) is 1.36. The van der Waals surface area contributed by atoms with Crippen molar-refractivity contribution in [3.63, 3.8) is 0 Å². The highest BCUT2D eigenvalue weighted by Crippen LogP contribution is 2.25. The predicted molar refractivity (Wildman–Crippen MR) is 82.8 cm³/mol. The van der Waals surface area contributed by atoms with Gasteiger partial charge in [0, 0.05) is 23.7 Å². The molecule has 1 aliphatic heterocycles. The van der Waals surface area contributed by atoms with Crippen LogP contribution in [0.3, 0.4) is 0 Å². The van der Waals surface area contributed by atoms with E-state index < -0.39 is 0 Å². The molecule has 0 aliphatic carbocycles. The van der Waals surface area contributed by atoms with Crippen LogP contribution in [0.25, 0.3) is 0 Å². The zero-order chi connectivity index (χ0) is 13.7. The number of nitrogens with one attached hydrogen (secondary N) is 1. The van der Waals surface area contributed by atoms with Gasteiger partial charge in [0.15, 0.2) is 0 Å². The molecule has 2 nitrogen and oxygen atoms in total. The highest BCUT2D eigenvalue weighted by atomic mass is 35.5. The topological polar surface area (TPSA) is 15.3 Å². The Labute approximate surface area is 122 Å². The maximum absolute atomic E-state index is 5.96. The lowest BCUT2D eigenvalue weighted by atomic mass is 10.0. The van der Waals surface area contributed by atoms with Crippen LogP contribution in [-0.2, 0) is 0 Å². The van der Waals surface area contributed by atoms with Crippen LogP contribution >= 0.6 is 11.6 Å². The lowest BCUT2D eigenvalue weighted by molar-refractivity contribution is 0.146. The molecule has 1 saturated heterocycles. The predicted octanol–water partition coefficient (Wildman–Crippen LogP) is 3.87. The van der Waals surface area contributed by atoms with Gasteiger partial charge in [-0.2, -0.15) is 0 Å². The Morgan fingerprint density at radius 3 is 2.79 bits per heavy atom. The summed E-state index contributed by atoms with van der Waals surface area (Å²) in [6.07, 6.45) is 3.81. The number of halogens is 1. The molecule has 2 unspecified atom stereocenters. The third-order valence-corrected chi connectivity index (χ3v) is 4.29. The van der Waals surface area contributed by atoms with Crippen molar-refractivity contribution in [1.82, 2.24) is 10.2 Å². The minimum Gasteiger partial charge on any atom is -0.313 e. The first-order valence-electron chi connectivity index (χ1n) is 7.43. The zero-order valence-corrected chi connectivity index (χ0v) is 12.8. The molecule has 2 rings (SSSR count). The molecule has 1 heterocycles. The van der Waals surface area contributed by atoms with Crippen LogP contribution in [-0.4, -0.2) is 30.6 Å². The van der Waals surface area contributed by atoms with Crippen LogP contribution in [0.1, 0.15) is 44.7 Å². The van der Waals surface area contributed by atoms with Gasteiger partial charge in [0.1, 0.15) is 0 Å². The van der Waals surface area contributed by atoms with E-state index in [4.69, 9.17) is 11.6 Å². The molecule has 0 amide bonds. The van der Waals surface area contributed by atoms with Crippen molar-refractivity contribution >= 4 is 11.6 Å². The Morgan fingerprint density at radius 2 is 2.11 bits per heavy atom. The molecule has 1 aromatic carbocycles. The molecule has 0 radical (unpaired) electrons. The van der Waals surface area contributed by atoms with E-state index >= 15 is 0 Å².